The van der Waals surface area contributed by atoms with Gasteiger partial charge < -0.3 is 15.5 Å². The zero-order valence-electron chi connectivity index (χ0n) is 18.0. The lowest BCUT2D eigenvalue weighted by molar-refractivity contribution is -0.918. The first-order chi connectivity index (χ1) is 15.3. The molecular weight excluding hydrogens is 382 g/mol. The van der Waals surface area contributed by atoms with Crippen LogP contribution in [0.4, 0.5) is 0 Å². The number of rotatable bonds is 8. The number of benzene rings is 3. The Bertz CT molecular complexity index is 883. The molecule has 4 heteroatoms. The van der Waals surface area contributed by atoms with E-state index in [0.29, 0.717) is 12.6 Å². The van der Waals surface area contributed by atoms with Crippen molar-refractivity contribution in [2.24, 2.45) is 0 Å². The molecule has 0 aliphatic carbocycles. The van der Waals surface area contributed by atoms with Gasteiger partial charge in [-0.3, -0.25) is 4.79 Å². The summed E-state index contributed by atoms with van der Waals surface area (Å²) in [4.78, 5) is 14.3. The van der Waals surface area contributed by atoms with Crippen LogP contribution in [-0.4, -0.2) is 31.6 Å². The molecule has 3 aromatic rings. The van der Waals surface area contributed by atoms with Crippen LogP contribution in [-0.2, 0) is 11.3 Å². The Morgan fingerprint density at radius 2 is 1.35 bits per heavy atom. The van der Waals surface area contributed by atoms with Crippen LogP contribution in [0.3, 0.4) is 0 Å². The Morgan fingerprint density at radius 1 is 0.839 bits per heavy atom. The van der Waals surface area contributed by atoms with Crippen molar-refractivity contribution in [1.82, 2.24) is 5.32 Å². The normalized spacial score (nSPS) is 18.6. The molecule has 1 heterocycles. The topological polar surface area (TPSA) is 50.1 Å². The van der Waals surface area contributed by atoms with Gasteiger partial charge in [0.15, 0.2) is 6.54 Å². The Labute approximate surface area is 185 Å². The van der Waals surface area contributed by atoms with Crippen molar-refractivity contribution in [2.45, 2.75) is 31.5 Å². The summed E-state index contributed by atoms with van der Waals surface area (Å²) in [6, 6.07) is 32.0. The maximum absolute atomic E-state index is 12.7. The van der Waals surface area contributed by atoms with Gasteiger partial charge in [-0.05, 0) is 0 Å². The van der Waals surface area contributed by atoms with Gasteiger partial charge in [0.1, 0.15) is 12.6 Å². The monoisotopic (exact) mass is 415 g/mol. The minimum Gasteiger partial charge on any atom is -0.348 e. The second kappa shape index (κ2) is 10.9. The maximum Gasteiger partial charge on any atom is 0.275 e. The fourth-order valence-electron chi connectivity index (χ4n) is 4.53. The molecule has 1 saturated heterocycles. The molecular formula is C27H33N3O+2. The fourth-order valence-corrected chi connectivity index (χ4v) is 4.53. The highest BCUT2D eigenvalue weighted by Gasteiger charge is 2.25. The zero-order chi connectivity index (χ0) is 21.3. The highest BCUT2D eigenvalue weighted by Crippen LogP contribution is 2.17. The summed E-state index contributed by atoms with van der Waals surface area (Å²) in [5, 5.41) is 5.43. The Kier molecular flexibility index (Phi) is 7.48. The second-order valence-electron chi connectivity index (χ2n) is 8.49. The molecule has 0 bridgehead atoms. The summed E-state index contributed by atoms with van der Waals surface area (Å²) in [5.41, 5.74) is 3.83. The number of likely N-dealkylation sites (tertiary alicyclic amines) is 1. The summed E-state index contributed by atoms with van der Waals surface area (Å²) in [6.45, 7) is 3.73. The molecule has 0 atom stereocenters. The van der Waals surface area contributed by atoms with Gasteiger partial charge in [-0.2, -0.15) is 0 Å². The number of nitrogens with one attached hydrogen (secondary N) is 2. The number of piperidine rings is 1. The van der Waals surface area contributed by atoms with Gasteiger partial charge in [0, 0.05) is 35.6 Å². The summed E-state index contributed by atoms with van der Waals surface area (Å²) in [6.07, 6.45) is 2.10. The Balaban J connectivity index is 1.26. The van der Waals surface area contributed by atoms with Gasteiger partial charge in [0.05, 0.1) is 13.1 Å². The third-order valence-corrected chi connectivity index (χ3v) is 6.21. The SMILES string of the molecule is O=C(C[NH2+]C(c1ccccc1)c1ccccc1)NC1CC[NH+](Cc2ccccc2)CC1. The molecule has 1 fully saturated rings. The van der Waals surface area contributed by atoms with Crippen LogP contribution in [0, 0.1) is 0 Å². The van der Waals surface area contributed by atoms with Crippen molar-refractivity contribution in [3.63, 3.8) is 0 Å². The molecule has 0 spiro atoms. The smallest absolute Gasteiger partial charge is 0.275 e. The van der Waals surface area contributed by atoms with E-state index in [1.807, 2.05) is 12.1 Å². The lowest BCUT2D eigenvalue weighted by atomic mass is 9.99. The standard InChI is InChI=1S/C27H31N3O/c31-26(29-25-16-18-30(19-17-25)21-22-10-4-1-5-11-22)20-28-27(23-12-6-2-7-13-23)24-14-8-3-9-15-24/h1-15,25,27-28H,16-21H2,(H,29,31)/p+2. The van der Waals surface area contributed by atoms with Gasteiger partial charge in [-0.25, -0.2) is 0 Å². The quantitative estimate of drug-likeness (QED) is 0.515. The first-order valence-corrected chi connectivity index (χ1v) is 11.4. The van der Waals surface area contributed by atoms with Crippen LogP contribution >= 0.6 is 0 Å². The van der Waals surface area contributed by atoms with Gasteiger partial charge >= 0.3 is 0 Å². The van der Waals surface area contributed by atoms with E-state index in [1.54, 1.807) is 4.90 Å². The fraction of sp³-hybridized carbons (Fsp3) is 0.296. The molecule has 1 aliphatic heterocycles. The van der Waals surface area contributed by atoms with Crippen LogP contribution in [0.2, 0.25) is 0 Å². The number of carbonyl (C=O) groups excluding carboxylic acids is 1. The molecule has 160 valence electrons. The summed E-state index contributed by atoms with van der Waals surface area (Å²) in [7, 11) is 0. The zero-order valence-corrected chi connectivity index (χ0v) is 18.0. The molecule has 0 unspecified atom stereocenters. The number of nitrogens with two attached hydrogens (primary N) is 1. The Morgan fingerprint density at radius 3 is 1.90 bits per heavy atom. The molecule has 1 aliphatic rings. The van der Waals surface area contributed by atoms with Gasteiger partial charge in [0.25, 0.3) is 5.91 Å². The van der Waals surface area contributed by atoms with Crippen molar-refractivity contribution in [3.8, 4) is 0 Å². The number of hydrogen-bond donors (Lipinski definition) is 3. The van der Waals surface area contributed by atoms with Crippen molar-refractivity contribution >= 4 is 5.91 Å². The molecule has 4 N–H and O–H groups in total. The van der Waals surface area contributed by atoms with Crippen LogP contribution in [0.15, 0.2) is 91.0 Å². The van der Waals surface area contributed by atoms with E-state index in [2.05, 4.69) is 89.5 Å². The van der Waals surface area contributed by atoms with Gasteiger partial charge in [-0.15, -0.1) is 0 Å². The highest BCUT2D eigenvalue weighted by molar-refractivity contribution is 5.77. The molecule has 3 aromatic carbocycles. The largest absolute Gasteiger partial charge is 0.348 e. The van der Waals surface area contributed by atoms with Crippen LogP contribution in [0.1, 0.15) is 35.6 Å². The number of hydrogen-bond acceptors (Lipinski definition) is 1. The highest BCUT2D eigenvalue weighted by atomic mass is 16.2. The van der Waals surface area contributed by atoms with Crippen molar-refractivity contribution < 1.29 is 15.0 Å². The molecule has 0 aromatic heterocycles. The van der Waals surface area contributed by atoms with Gasteiger partial charge in [0.2, 0.25) is 0 Å². The lowest BCUT2D eigenvalue weighted by Crippen LogP contribution is -3.12. The van der Waals surface area contributed by atoms with E-state index >= 15 is 0 Å². The van der Waals surface area contributed by atoms with E-state index in [9.17, 15) is 4.79 Å². The van der Waals surface area contributed by atoms with E-state index in [-0.39, 0.29) is 11.9 Å². The summed E-state index contributed by atoms with van der Waals surface area (Å²) < 4.78 is 0. The third kappa shape index (κ3) is 6.27. The average Bonchev–Trinajstić information content (AvgIpc) is 2.83. The van der Waals surface area contributed by atoms with Crippen molar-refractivity contribution in [1.29, 1.82) is 0 Å². The number of carbonyl (C=O) groups is 1. The lowest BCUT2D eigenvalue weighted by Gasteiger charge is -2.29. The van der Waals surface area contributed by atoms with E-state index in [4.69, 9.17) is 0 Å². The number of amides is 1. The average molecular weight is 416 g/mol. The predicted octanol–water partition coefficient (Wildman–Crippen LogP) is 1.70. The second-order valence-corrected chi connectivity index (χ2v) is 8.49. The minimum absolute atomic E-state index is 0.130. The molecule has 0 radical (unpaired) electrons. The molecule has 4 nitrogen and oxygen atoms in total. The third-order valence-electron chi connectivity index (χ3n) is 6.21. The first kappa shape index (κ1) is 21.3. The van der Waals surface area contributed by atoms with E-state index in [1.165, 1.54) is 16.7 Å². The first-order valence-electron chi connectivity index (χ1n) is 11.4. The summed E-state index contributed by atoms with van der Waals surface area (Å²) in [5.74, 6) is 0.133. The molecule has 1 amide bonds. The molecule has 31 heavy (non-hydrogen) atoms. The number of quaternary nitrogens is 2. The van der Waals surface area contributed by atoms with E-state index in [0.717, 1.165) is 32.5 Å². The van der Waals surface area contributed by atoms with Crippen LogP contribution in [0.25, 0.3) is 0 Å². The Hall–Kier alpha value is -2.95. The minimum atomic E-state index is 0.130. The van der Waals surface area contributed by atoms with Crippen molar-refractivity contribution in [3.05, 3.63) is 108 Å². The van der Waals surface area contributed by atoms with Crippen LogP contribution < -0.4 is 15.5 Å². The van der Waals surface area contributed by atoms with Crippen molar-refractivity contribution in [2.75, 3.05) is 19.6 Å². The summed E-state index contributed by atoms with van der Waals surface area (Å²) >= 11 is 0. The predicted molar refractivity (Wildman–Crippen MR) is 124 cm³/mol. The molecule has 4 rings (SSSR count). The molecule has 0 saturated carbocycles. The van der Waals surface area contributed by atoms with Gasteiger partial charge in [-0.1, -0.05) is 91.0 Å². The van der Waals surface area contributed by atoms with E-state index < -0.39 is 0 Å². The van der Waals surface area contributed by atoms with Crippen LogP contribution in [0.5, 0.6) is 0 Å². The maximum atomic E-state index is 12.7.